The molecule has 1 unspecified atom stereocenters. The topological polar surface area (TPSA) is 83.7 Å². The van der Waals surface area contributed by atoms with Crippen LogP contribution in [0, 0.1) is 6.92 Å². The number of H-pyrrole nitrogens is 1. The zero-order chi connectivity index (χ0) is 15.8. The van der Waals surface area contributed by atoms with Crippen LogP contribution in [-0.2, 0) is 6.54 Å². The maximum atomic E-state index is 5.95. The lowest BCUT2D eigenvalue weighted by atomic mass is 9.91. The summed E-state index contributed by atoms with van der Waals surface area (Å²) in [6.07, 6.45) is 3.53. The Hall–Kier alpha value is -2.89. The quantitative estimate of drug-likeness (QED) is 0.758. The molecule has 3 aromatic rings. The zero-order valence-corrected chi connectivity index (χ0v) is 12.9. The molecule has 0 saturated carbocycles. The van der Waals surface area contributed by atoms with Gasteiger partial charge in [0.05, 0.1) is 24.3 Å². The van der Waals surface area contributed by atoms with Crippen LogP contribution in [0.2, 0.25) is 0 Å². The molecule has 1 aromatic carbocycles. The van der Waals surface area contributed by atoms with Crippen LogP contribution < -0.4 is 10.6 Å². The minimum absolute atomic E-state index is 0.192. The van der Waals surface area contributed by atoms with Crippen LogP contribution in [0.3, 0.4) is 0 Å². The molecule has 2 aromatic heterocycles. The van der Waals surface area contributed by atoms with E-state index in [2.05, 4.69) is 49.1 Å². The van der Waals surface area contributed by atoms with E-state index >= 15 is 0 Å². The number of nitrogens with zero attached hydrogens (tertiary/aromatic N) is 4. The number of hydrogen-bond acceptors (Lipinski definition) is 5. The first-order valence-electron chi connectivity index (χ1n) is 7.63. The number of aryl methyl sites for hydroxylation is 1. The van der Waals surface area contributed by atoms with Crippen LogP contribution in [0.1, 0.15) is 28.4 Å². The van der Waals surface area contributed by atoms with E-state index in [4.69, 9.17) is 5.73 Å². The van der Waals surface area contributed by atoms with Crippen molar-refractivity contribution < 1.29 is 0 Å². The SMILES string of the molecule is Cc1cnc(N2Cc3[nH]cnc3C(c3ccccc3)C2)nc1N. The fraction of sp³-hybridized carbons (Fsp3) is 0.235. The molecule has 6 nitrogen and oxygen atoms in total. The van der Waals surface area contributed by atoms with E-state index in [1.807, 2.05) is 13.0 Å². The molecule has 116 valence electrons. The van der Waals surface area contributed by atoms with Crippen LogP contribution >= 0.6 is 0 Å². The highest BCUT2D eigenvalue weighted by Gasteiger charge is 2.30. The summed E-state index contributed by atoms with van der Waals surface area (Å²) in [6.45, 7) is 3.40. The fourth-order valence-corrected chi connectivity index (χ4v) is 3.02. The second-order valence-corrected chi connectivity index (χ2v) is 5.85. The van der Waals surface area contributed by atoms with E-state index in [9.17, 15) is 0 Å². The van der Waals surface area contributed by atoms with E-state index in [1.165, 1.54) is 5.56 Å². The van der Waals surface area contributed by atoms with Gasteiger partial charge >= 0.3 is 0 Å². The van der Waals surface area contributed by atoms with Gasteiger partial charge in [0.2, 0.25) is 5.95 Å². The second kappa shape index (κ2) is 5.39. The van der Waals surface area contributed by atoms with E-state index in [1.54, 1.807) is 12.5 Å². The van der Waals surface area contributed by atoms with E-state index in [0.29, 0.717) is 18.3 Å². The molecule has 1 aliphatic heterocycles. The van der Waals surface area contributed by atoms with Crippen LogP contribution in [0.5, 0.6) is 0 Å². The van der Waals surface area contributed by atoms with E-state index in [-0.39, 0.29) is 5.92 Å². The maximum absolute atomic E-state index is 5.95. The molecule has 0 amide bonds. The van der Waals surface area contributed by atoms with Gasteiger partial charge in [-0.05, 0) is 12.5 Å². The standard InChI is InChI=1S/C17H18N6/c1-11-7-19-17(22-16(11)18)23-8-13(12-5-3-2-4-6-12)15-14(9-23)20-10-21-15/h2-7,10,13H,8-9H2,1H3,(H,20,21)(H2,18,19,22). The predicted octanol–water partition coefficient (Wildman–Crippen LogP) is 2.24. The number of rotatable bonds is 2. The highest BCUT2D eigenvalue weighted by atomic mass is 15.3. The first-order valence-corrected chi connectivity index (χ1v) is 7.63. The fourth-order valence-electron chi connectivity index (χ4n) is 3.02. The first kappa shape index (κ1) is 13.8. The van der Waals surface area contributed by atoms with Crippen molar-refractivity contribution in [2.75, 3.05) is 17.2 Å². The van der Waals surface area contributed by atoms with Crippen molar-refractivity contribution in [2.45, 2.75) is 19.4 Å². The summed E-state index contributed by atoms with van der Waals surface area (Å²) in [5.74, 6) is 1.38. The van der Waals surface area contributed by atoms with E-state index < -0.39 is 0 Å². The number of fused-ring (bicyclic) bond motifs is 1. The van der Waals surface area contributed by atoms with Crippen molar-refractivity contribution >= 4 is 11.8 Å². The maximum Gasteiger partial charge on any atom is 0.227 e. The van der Waals surface area contributed by atoms with Gasteiger partial charge in [0, 0.05) is 24.2 Å². The molecule has 0 radical (unpaired) electrons. The third-order valence-electron chi connectivity index (χ3n) is 4.32. The molecule has 0 saturated heterocycles. The number of anilines is 2. The Labute approximate surface area is 134 Å². The van der Waals surface area contributed by atoms with Crippen molar-refractivity contribution in [1.29, 1.82) is 0 Å². The monoisotopic (exact) mass is 306 g/mol. The van der Waals surface area contributed by atoms with Crippen molar-refractivity contribution in [1.82, 2.24) is 19.9 Å². The second-order valence-electron chi connectivity index (χ2n) is 5.85. The molecule has 3 heterocycles. The number of benzene rings is 1. The lowest BCUT2D eigenvalue weighted by Gasteiger charge is -2.32. The summed E-state index contributed by atoms with van der Waals surface area (Å²) in [6, 6.07) is 10.4. The van der Waals surface area contributed by atoms with Gasteiger partial charge in [-0.2, -0.15) is 4.98 Å². The minimum atomic E-state index is 0.192. The molecule has 4 rings (SSSR count). The Morgan fingerprint density at radius 1 is 1.22 bits per heavy atom. The number of aromatic nitrogens is 4. The van der Waals surface area contributed by atoms with Gasteiger partial charge in [0.15, 0.2) is 0 Å². The normalized spacial score (nSPS) is 17.1. The smallest absolute Gasteiger partial charge is 0.227 e. The molecule has 1 atom stereocenters. The zero-order valence-electron chi connectivity index (χ0n) is 12.9. The lowest BCUT2D eigenvalue weighted by molar-refractivity contribution is 0.632. The Kier molecular flexibility index (Phi) is 3.22. The summed E-state index contributed by atoms with van der Waals surface area (Å²) in [4.78, 5) is 18.8. The summed E-state index contributed by atoms with van der Waals surface area (Å²) in [7, 11) is 0. The van der Waals surface area contributed by atoms with Crippen LogP contribution in [0.15, 0.2) is 42.9 Å². The Balaban J connectivity index is 1.73. The average Bonchev–Trinajstić information content (AvgIpc) is 3.06. The van der Waals surface area contributed by atoms with Gasteiger partial charge in [-0.1, -0.05) is 30.3 Å². The minimum Gasteiger partial charge on any atom is -0.383 e. The van der Waals surface area contributed by atoms with Crippen molar-refractivity contribution in [3.63, 3.8) is 0 Å². The largest absolute Gasteiger partial charge is 0.383 e. The molecule has 6 heteroatoms. The van der Waals surface area contributed by atoms with Crippen LogP contribution in [-0.4, -0.2) is 26.5 Å². The molecule has 0 spiro atoms. The molecule has 23 heavy (non-hydrogen) atoms. The number of nitrogens with two attached hydrogens (primary N) is 1. The summed E-state index contributed by atoms with van der Waals surface area (Å²) < 4.78 is 0. The molecular weight excluding hydrogens is 288 g/mol. The van der Waals surface area contributed by atoms with Gasteiger partial charge in [-0.15, -0.1) is 0 Å². The van der Waals surface area contributed by atoms with Crippen molar-refractivity contribution in [3.05, 3.63) is 65.4 Å². The Bertz CT molecular complexity index is 826. The number of nitrogen functional groups attached to an aromatic ring is 1. The van der Waals surface area contributed by atoms with Crippen molar-refractivity contribution in [3.8, 4) is 0 Å². The highest BCUT2D eigenvalue weighted by molar-refractivity contribution is 5.47. The Morgan fingerprint density at radius 2 is 2.04 bits per heavy atom. The van der Waals surface area contributed by atoms with E-state index in [0.717, 1.165) is 23.5 Å². The third kappa shape index (κ3) is 2.42. The van der Waals surface area contributed by atoms with Gasteiger partial charge < -0.3 is 15.6 Å². The molecule has 0 fully saturated rings. The van der Waals surface area contributed by atoms with Gasteiger partial charge in [0.25, 0.3) is 0 Å². The number of imidazole rings is 1. The van der Waals surface area contributed by atoms with Crippen LogP contribution in [0.25, 0.3) is 0 Å². The van der Waals surface area contributed by atoms with Gasteiger partial charge in [0.1, 0.15) is 5.82 Å². The average molecular weight is 306 g/mol. The summed E-state index contributed by atoms with van der Waals surface area (Å²) in [5.41, 5.74) is 10.3. The number of hydrogen-bond donors (Lipinski definition) is 2. The summed E-state index contributed by atoms with van der Waals surface area (Å²) in [5, 5.41) is 0. The highest BCUT2D eigenvalue weighted by Crippen LogP contribution is 2.32. The lowest BCUT2D eigenvalue weighted by Crippen LogP contribution is -2.35. The first-order chi connectivity index (χ1) is 11.2. The van der Waals surface area contributed by atoms with Gasteiger partial charge in [-0.25, -0.2) is 9.97 Å². The molecular formula is C17H18N6. The molecule has 3 N–H and O–H groups in total. The third-order valence-corrected chi connectivity index (χ3v) is 4.32. The number of nitrogens with one attached hydrogen (secondary N) is 1. The van der Waals surface area contributed by atoms with Crippen molar-refractivity contribution in [2.24, 2.45) is 0 Å². The number of aromatic amines is 1. The molecule has 1 aliphatic rings. The summed E-state index contributed by atoms with van der Waals surface area (Å²) >= 11 is 0. The molecule has 0 bridgehead atoms. The van der Waals surface area contributed by atoms with Crippen LogP contribution in [0.4, 0.5) is 11.8 Å². The Morgan fingerprint density at radius 3 is 2.83 bits per heavy atom. The van der Waals surface area contributed by atoms with Gasteiger partial charge in [-0.3, -0.25) is 0 Å². The predicted molar refractivity (Wildman–Crippen MR) is 89.1 cm³/mol. The molecule has 0 aliphatic carbocycles.